The van der Waals surface area contributed by atoms with Crippen molar-refractivity contribution in [2.75, 3.05) is 10.5 Å². The van der Waals surface area contributed by atoms with E-state index in [-0.39, 0.29) is 16.1 Å². The summed E-state index contributed by atoms with van der Waals surface area (Å²) in [4.78, 5) is 0.0564. The Kier molecular flexibility index (Phi) is 4.18. The molecule has 0 fully saturated rings. The number of benzene rings is 2. The number of sulfonamides is 1. The zero-order valence-corrected chi connectivity index (χ0v) is 12.7. The van der Waals surface area contributed by atoms with Crippen molar-refractivity contribution < 1.29 is 12.8 Å². The summed E-state index contributed by atoms with van der Waals surface area (Å²) in [6.07, 6.45) is 0.725. The molecule has 2 aromatic carbocycles. The van der Waals surface area contributed by atoms with E-state index in [1.807, 2.05) is 6.92 Å². The van der Waals surface area contributed by atoms with Crippen molar-refractivity contribution in [2.45, 2.75) is 25.2 Å². The fourth-order valence-corrected chi connectivity index (χ4v) is 3.14. The Morgan fingerprint density at radius 1 is 1.24 bits per heavy atom. The van der Waals surface area contributed by atoms with Crippen LogP contribution in [0.25, 0.3) is 0 Å². The van der Waals surface area contributed by atoms with Crippen LogP contribution in [0.15, 0.2) is 41.3 Å². The van der Waals surface area contributed by atoms with Crippen LogP contribution in [0.4, 0.5) is 15.8 Å². The molecule has 0 heterocycles. The van der Waals surface area contributed by atoms with Crippen LogP contribution in [0.2, 0.25) is 0 Å². The van der Waals surface area contributed by atoms with Gasteiger partial charge in [0.05, 0.1) is 10.6 Å². The molecule has 2 aromatic rings. The molecule has 0 aliphatic heterocycles. The van der Waals surface area contributed by atoms with E-state index in [9.17, 15) is 12.8 Å². The molecule has 0 saturated carbocycles. The summed E-state index contributed by atoms with van der Waals surface area (Å²) in [6, 6.07) is 8.83. The lowest BCUT2D eigenvalue weighted by Crippen LogP contribution is -2.14. The minimum absolute atomic E-state index is 0.0564. The Morgan fingerprint density at radius 3 is 2.57 bits per heavy atom. The van der Waals surface area contributed by atoms with Crippen LogP contribution in [0.5, 0.6) is 0 Å². The lowest BCUT2D eigenvalue weighted by Gasteiger charge is -2.12. The molecule has 0 aliphatic rings. The van der Waals surface area contributed by atoms with Crippen LogP contribution in [0.1, 0.15) is 18.1 Å². The summed E-state index contributed by atoms with van der Waals surface area (Å²) in [6.45, 7) is 3.45. The summed E-state index contributed by atoms with van der Waals surface area (Å²) in [5, 5.41) is 0. The van der Waals surface area contributed by atoms with Gasteiger partial charge < -0.3 is 5.73 Å². The van der Waals surface area contributed by atoms with E-state index < -0.39 is 15.8 Å². The van der Waals surface area contributed by atoms with Crippen molar-refractivity contribution in [1.82, 2.24) is 0 Å². The van der Waals surface area contributed by atoms with Crippen LogP contribution >= 0.6 is 0 Å². The van der Waals surface area contributed by atoms with Crippen LogP contribution in [0.3, 0.4) is 0 Å². The van der Waals surface area contributed by atoms with E-state index in [4.69, 9.17) is 5.73 Å². The predicted molar refractivity (Wildman–Crippen MR) is 82.2 cm³/mol. The Balaban J connectivity index is 2.39. The standard InChI is InChI=1S/C15H17FN2O2S/c1-3-11-7-8-12(9-14(11)17)21(19,20)18-15-6-4-5-13(16)10(15)2/h4-9,18H,3,17H2,1-2H3. The van der Waals surface area contributed by atoms with Gasteiger partial charge in [-0.2, -0.15) is 0 Å². The minimum Gasteiger partial charge on any atom is -0.398 e. The molecule has 0 saturated heterocycles. The number of nitrogens with two attached hydrogens (primary N) is 1. The number of halogens is 1. The molecule has 0 aromatic heterocycles. The van der Waals surface area contributed by atoms with Crippen molar-refractivity contribution in [1.29, 1.82) is 0 Å². The van der Waals surface area contributed by atoms with E-state index in [0.29, 0.717) is 5.69 Å². The molecule has 0 unspecified atom stereocenters. The van der Waals surface area contributed by atoms with E-state index >= 15 is 0 Å². The molecule has 0 spiro atoms. The molecule has 0 aliphatic carbocycles. The number of hydrogen-bond donors (Lipinski definition) is 2. The van der Waals surface area contributed by atoms with Crippen LogP contribution < -0.4 is 10.5 Å². The molecule has 0 amide bonds. The molecule has 0 radical (unpaired) electrons. The second kappa shape index (κ2) is 5.73. The van der Waals surface area contributed by atoms with Gasteiger partial charge in [0.1, 0.15) is 5.82 Å². The maximum Gasteiger partial charge on any atom is 0.261 e. The molecule has 0 atom stereocenters. The topological polar surface area (TPSA) is 72.2 Å². The molecular weight excluding hydrogens is 291 g/mol. The summed E-state index contributed by atoms with van der Waals surface area (Å²) < 4.78 is 40.5. The average Bonchev–Trinajstić information content (AvgIpc) is 2.43. The average molecular weight is 308 g/mol. The fraction of sp³-hybridized carbons (Fsp3) is 0.200. The monoisotopic (exact) mass is 308 g/mol. The Labute approximate surface area is 123 Å². The second-order valence-corrected chi connectivity index (χ2v) is 6.41. The van der Waals surface area contributed by atoms with Gasteiger partial charge in [-0.15, -0.1) is 0 Å². The predicted octanol–water partition coefficient (Wildman–Crippen LogP) is 3.08. The fourth-order valence-electron chi connectivity index (χ4n) is 1.98. The third-order valence-electron chi connectivity index (χ3n) is 3.32. The Bertz CT molecular complexity index is 773. The lowest BCUT2D eigenvalue weighted by atomic mass is 10.1. The number of rotatable bonds is 4. The largest absolute Gasteiger partial charge is 0.398 e. The summed E-state index contributed by atoms with van der Waals surface area (Å²) in [5.41, 5.74) is 7.60. The molecule has 6 heteroatoms. The number of hydrogen-bond acceptors (Lipinski definition) is 3. The van der Waals surface area contributed by atoms with Gasteiger partial charge in [0.25, 0.3) is 10.0 Å². The number of nitrogens with one attached hydrogen (secondary N) is 1. The SMILES string of the molecule is CCc1ccc(S(=O)(=O)Nc2cccc(F)c2C)cc1N. The first-order valence-electron chi connectivity index (χ1n) is 6.51. The Hall–Kier alpha value is -2.08. The number of anilines is 2. The quantitative estimate of drug-likeness (QED) is 0.853. The van der Waals surface area contributed by atoms with E-state index in [2.05, 4.69) is 4.72 Å². The van der Waals surface area contributed by atoms with Crippen LogP contribution in [0, 0.1) is 12.7 Å². The summed E-state index contributed by atoms with van der Waals surface area (Å²) in [5.74, 6) is -0.462. The zero-order chi connectivity index (χ0) is 15.6. The highest BCUT2D eigenvalue weighted by molar-refractivity contribution is 7.92. The van der Waals surface area contributed by atoms with Gasteiger partial charge in [-0.3, -0.25) is 4.72 Å². The van der Waals surface area contributed by atoms with E-state index in [0.717, 1.165) is 12.0 Å². The van der Waals surface area contributed by atoms with Crippen LogP contribution in [-0.2, 0) is 16.4 Å². The van der Waals surface area contributed by atoms with Crippen molar-refractivity contribution in [2.24, 2.45) is 0 Å². The van der Waals surface area contributed by atoms with Gasteiger partial charge in [-0.25, -0.2) is 12.8 Å². The maximum absolute atomic E-state index is 13.5. The van der Waals surface area contributed by atoms with Crippen molar-refractivity contribution in [3.63, 3.8) is 0 Å². The molecule has 112 valence electrons. The normalized spacial score (nSPS) is 11.4. The molecule has 21 heavy (non-hydrogen) atoms. The van der Waals surface area contributed by atoms with Crippen molar-refractivity contribution in [3.8, 4) is 0 Å². The highest BCUT2D eigenvalue weighted by Crippen LogP contribution is 2.24. The summed E-state index contributed by atoms with van der Waals surface area (Å²) >= 11 is 0. The van der Waals surface area contributed by atoms with Gasteiger partial charge in [-0.1, -0.05) is 19.1 Å². The Morgan fingerprint density at radius 2 is 1.95 bits per heavy atom. The molecule has 4 nitrogen and oxygen atoms in total. The molecule has 0 bridgehead atoms. The highest BCUT2D eigenvalue weighted by atomic mass is 32.2. The first-order chi connectivity index (χ1) is 9.85. The number of nitrogen functional groups attached to an aromatic ring is 1. The highest BCUT2D eigenvalue weighted by Gasteiger charge is 2.17. The smallest absolute Gasteiger partial charge is 0.261 e. The molecule has 3 N–H and O–H groups in total. The van der Waals surface area contributed by atoms with Gasteiger partial charge in [-0.05, 0) is 43.2 Å². The van der Waals surface area contributed by atoms with Gasteiger partial charge in [0.15, 0.2) is 0 Å². The molecule has 2 rings (SSSR count). The number of aryl methyl sites for hydroxylation is 1. The van der Waals surface area contributed by atoms with Crippen molar-refractivity contribution in [3.05, 3.63) is 53.3 Å². The lowest BCUT2D eigenvalue weighted by molar-refractivity contribution is 0.600. The van der Waals surface area contributed by atoms with E-state index in [1.165, 1.54) is 37.3 Å². The summed E-state index contributed by atoms with van der Waals surface area (Å²) in [7, 11) is -3.80. The minimum atomic E-state index is -3.80. The van der Waals surface area contributed by atoms with Gasteiger partial charge >= 0.3 is 0 Å². The van der Waals surface area contributed by atoms with Gasteiger partial charge in [0, 0.05) is 11.3 Å². The second-order valence-electron chi connectivity index (χ2n) is 4.73. The van der Waals surface area contributed by atoms with E-state index in [1.54, 1.807) is 6.07 Å². The third kappa shape index (κ3) is 3.16. The maximum atomic E-state index is 13.5. The first kappa shape index (κ1) is 15.3. The zero-order valence-electron chi connectivity index (χ0n) is 11.9. The van der Waals surface area contributed by atoms with Crippen LogP contribution in [-0.4, -0.2) is 8.42 Å². The molecular formula is C15H17FN2O2S. The van der Waals surface area contributed by atoms with Gasteiger partial charge in [0.2, 0.25) is 0 Å². The van der Waals surface area contributed by atoms with Crippen molar-refractivity contribution >= 4 is 21.4 Å². The first-order valence-corrected chi connectivity index (χ1v) is 8.00. The third-order valence-corrected chi connectivity index (χ3v) is 4.68.